The molecule has 2 fully saturated rings. The van der Waals surface area contributed by atoms with Crippen LogP contribution in [0.1, 0.15) is 55.7 Å². The molecule has 8 heteroatoms. The maximum absolute atomic E-state index is 13.8. The minimum absolute atomic E-state index is 0.0355. The van der Waals surface area contributed by atoms with Crippen LogP contribution in [0, 0.1) is 20.8 Å². The number of benzene rings is 2. The first kappa shape index (κ1) is 25.4. The Balaban J connectivity index is 1.74. The normalized spacial score (nSPS) is 22.3. The number of piperazine rings is 1. The van der Waals surface area contributed by atoms with Gasteiger partial charge >= 0.3 is 0 Å². The lowest BCUT2D eigenvalue weighted by Gasteiger charge is -2.47. The van der Waals surface area contributed by atoms with E-state index in [0.717, 1.165) is 53.1 Å². The molecule has 0 aromatic heterocycles. The van der Waals surface area contributed by atoms with Crippen LogP contribution in [0.5, 0.6) is 0 Å². The monoisotopic (exact) mass is 497 g/mol. The second-order valence-corrected chi connectivity index (χ2v) is 12.2. The van der Waals surface area contributed by atoms with E-state index in [1.54, 1.807) is 31.2 Å². The fourth-order valence-corrected chi connectivity index (χ4v) is 6.75. The topological polar surface area (TPSA) is 86.8 Å². The summed E-state index contributed by atoms with van der Waals surface area (Å²) in [6, 6.07) is 12.3. The third-order valence-electron chi connectivity index (χ3n) is 7.09. The molecule has 1 unspecified atom stereocenters. The van der Waals surface area contributed by atoms with Crippen LogP contribution in [0.15, 0.2) is 47.4 Å². The molecule has 2 amide bonds. The minimum Gasteiger partial charge on any atom is -0.351 e. The van der Waals surface area contributed by atoms with E-state index in [9.17, 15) is 18.0 Å². The molecule has 4 rings (SSSR count). The van der Waals surface area contributed by atoms with Gasteiger partial charge in [-0.1, -0.05) is 43.0 Å². The van der Waals surface area contributed by atoms with E-state index in [1.807, 2.05) is 39.0 Å². The van der Waals surface area contributed by atoms with Gasteiger partial charge in [-0.05, 0) is 75.9 Å². The number of aryl methyl sites for hydroxylation is 3. The van der Waals surface area contributed by atoms with Gasteiger partial charge in [0, 0.05) is 18.3 Å². The molecule has 1 N–H and O–H groups in total. The molecule has 1 aliphatic carbocycles. The molecule has 35 heavy (non-hydrogen) atoms. The predicted molar refractivity (Wildman–Crippen MR) is 137 cm³/mol. The van der Waals surface area contributed by atoms with Gasteiger partial charge in [0.25, 0.3) is 0 Å². The van der Waals surface area contributed by atoms with Gasteiger partial charge in [-0.15, -0.1) is 0 Å². The van der Waals surface area contributed by atoms with E-state index in [2.05, 4.69) is 5.32 Å². The van der Waals surface area contributed by atoms with E-state index in [-0.39, 0.29) is 29.9 Å². The average Bonchev–Trinajstić information content (AvgIpc) is 2.79. The van der Waals surface area contributed by atoms with Crippen molar-refractivity contribution in [1.82, 2.24) is 9.62 Å². The van der Waals surface area contributed by atoms with Crippen LogP contribution in [0.4, 0.5) is 5.69 Å². The number of sulfonamides is 1. The van der Waals surface area contributed by atoms with Gasteiger partial charge in [-0.2, -0.15) is 4.31 Å². The van der Waals surface area contributed by atoms with E-state index >= 15 is 0 Å². The molecule has 1 saturated carbocycles. The Morgan fingerprint density at radius 2 is 1.54 bits per heavy atom. The highest BCUT2D eigenvalue weighted by Gasteiger charge is 2.51. The van der Waals surface area contributed by atoms with Gasteiger partial charge in [0.2, 0.25) is 21.8 Å². The lowest BCUT2D eigenvalue weighted by Crippen LogP contribution is -2.70. The van der Waals surface area contributed by atoms with Crippen LogP contribution in [-0.2, 0) is 19.6 Å². The molecule has 0 spiro atoms. The Kier molecular flexibility index (Phi) is 7.06. The van der Waals surface area contributed by atoms with E-state index in [1.165, 1.54) is 4.90 Å². The highest BCUT2D eigenvalue weighted by atomic mass is 32.2. The predicted octanol–water partition coefficient (Wildman–Crippen LogP) is 3.86. The summed E-state index contributed by atoms with van der Waals surface area (Å²) >= 11 is 0. The zero-order chi connectivity index (χ0) is 25.4. The van der Waals surface area contributed by atoms with Gasteiger partial charge in [0.15, 0.2) is 0 Å². The Hall–Kier alpha value is -2.71. The Bertz CT molecular complexity index is 1200. The van der Waals surface area contributed by atoms with Crippen molar-refractivity contribution in [3.8, 4) is 0 Å². The number of nitrogens with zero attached hydrogens (tertiary/aromatic N) is 2. The molecule has 0 bridgehead atoms. The van der Waals surface area contributed by atoms with Gasteiger partial charge in [0.05, 0.1) is 11.4 Å². The smallest absolute Gasteiger partial charge is 0.247 e. The summed E-state index contributed by atoms with van der Waals surface area (Å²) in [6.07, 6.45) is 5.04. The second kappa shape index (κ2) is 9.74. The minimum atomic E-state index is -3.97. The van der Waals surface area contributed by atoms with Gasteiger partial charge in [-0.25, -0.2) is 8.42 Å². The Labute approximate surface area is 208 Å². The summed E-state index contributed by atoms with van der Waals surface area (Å²) in [7, 11) is -3.97. The van der Waals surface area contributed by atoms with Crippen molar-refractivity contribution in [2.75, 3.05) is 18.0 Å². The number of amides is 2. The maximum atomic E-state index is 13.8. The Morgan fingerprint density at radius 3 is 2.14 bits per heavy atom. The highest BCUT2D eigenvalue weighted by molar-refractivity contribution is 7.89. The van der Waals surface area contributed by atoms with Crippen LogP contribution in [-0.4, -0.2) is 49.2 Å². The summed E-state index contributed by atoms with van der Waals surface area (Å²) in [6.45, 7) is 7.00. The van der Waals surface area contributed by atoms with Crippen molar-refractivity contribution >= 4 is 27.5 Å². The van der Waals surface area contributed by atoms with Crippen molar-refractivity contribution in [1.29, 1.82) is 0 Å². The largest absolute Gasteiger partial charge is 0.351 e. The zero-order valence-corrected chi connectivity index (χ0v) is 21.8. The standard InChI is InChI=1S/C27H35N3O4S/c1-19-10-12-24(13-11-19)35(33,34)29-17-25(31)30(23-15-20(2)14-21(3)16-23)27(4,18-29)26(32)28-22-8-6-5-7-9-22/h10-16,22H,5-9,17-18H2,1-4H3,(H,28,32). The van der Waals surface area contributed by atoms with Crippen LogP contribution in [0.25, 0.3) is 0 Å². The summed E-state index contributed by atoms with van der Waals surface area (Å²) in [4.78, 5) is 29.0. The Morgan fingerprint density at radius 1 is 0.943 bits per heavy atom. The fraction of sp³-hybridized carbons (Fsp3) is 0.481. The zero-order valence-electron chi connectivity index (χ0n) is 21.0. The lowest BCUT2D eigenvalue weighted by atomic mass is 9.91. The van der Waals surface area contributed by atoms with Crippen LogP contribution in [0.2, 0.25) is 0 Å². The number of anilines is 1. The van der Waals surface area contributed by atoms with E-state index < -0.39 is 21.5 Å². The fourth-order valence-electron chi connectivity index (χ4n) is 5.27. The quantitative estimate of drug-likeness (QED) is 0.680. The summed E-state index contributed by atoms with van der Waals surface area (Å²) in [5, 5.41) is 3.14. The van der Waals surface area contributed by atoms with E-state index in [0.29, 0.717) is 5.69 Å². The SMILES string of the molecule is Cc1ccc(S(=O)(=O)N2CC(=O)N(c3cc(C)cc(C)c3)C(C)(C(=O)NC3CCCCC3)C2)cc1. The van der Waals surface area contributed by atoms with Crippen molar-refractivity contribution in [3.05, 3.63) is 59.2 Å². The van der Waals surface area contributed by atoms with Gasteiger partial charge < -0.3 is 5.32 Å². The molecule has 188 valence electrons. The first-order chi connectivity index (χ1) is 16.5. The number of carbonyl (C=O) groups is 2. The van der Waals surface area contributed by atoms with Crippen molar-refractivity contribution in [2.45, 2.75) is 76.3 Å². The van der Waals surface area contributed by atoms with Gasteiger partial charge in [0.1, 0.15) is 5.54 Å². The molecule has 2 aromatic rings. The van der Waals surface area contributed by atoms with Crippen molar-refractivity contribution in [2.24, 2.45) is 0 Å². The average molecular weight is 498 g/mol. The number of hydrogen-bond acceptors (Lipinski definition) is 4. The van der Waals surface area contributed by atoms with Crippen LogP contribution in [0.3, 0.4) is 0 Å². The molecule has 1 saturated heterocycles. The molecular weight excluding hydrogens is 462 g/mol. The second-order valence-electron chi connectivity index (χ2n) is 10.2. The molecular formula is C27H35N3O4S. The lowest BCUT2D eigenvalue weighted by molar-refractivity contribution is -0.133. The third kappa shape index (κ3) is 5.14. The number of nitrogens with one attached hydrogen (secondary N) is 1. The summed E-state index contributed by atoms with van der Waals surface area (Å²) in [5.74, 6) is -0.737. The first-order valence-corrected chi connectivity index (χ1v) is 13.7. The molecule has 2 aliphatic rings. The van der Waals surface area contributed by atoms with Gasteiger partial charge in [-0.3, -0.25) is 14.5 Å². The molecule has 1 atom stereocenters. The third-order valence-corrected chi connectivity index (χ3v) is 8.90. The molecule has 1 aliphatic heterocycles. The van der Waals surface area contributed by atoms with Crippen molar-refractivity contribution < 1.29 is 18.0 Å². The number of carbonyl (C=O) groups excluding carboxylic acids is 2. The molecule has 7 nitrogen and oxygen atoms in total. The highest BCUT2D eigenvalue weighted by Crippen LogP contribution is 2.34. The van der Waals surface area contributed by atoms with E-state index in [4.69, 9.17) is 0 Å². The molecule has 1 heterocycles. The summed E-state index contributed by atoms with van der Waals surface area (Å²) < 4.78 is 28.2. The van der Waals surface area contributed by atoms with Crippen LogP contribution >= 0.6 is 0 Å². The van der Waals surface area contributed by atoms with Crippen LogP contribution < -0.4 is 10.2 Å². The first-order valence-electron chi connectivity index (χ1n) is 12.3. The van der Waals surface area contributed by atoms with Crippen molar-refractivity contribution in [3.63, 3.8) is 0 Å². The molecule has 2 aromatic carbocycles. The summed E-state index contributed by atoms with van der Waals surface area (Å²) in [5.41, 5.74) is 2.10. The number of rotatable bonds is 5. The maximum Gasteiger partial charge on any atom is 0.247 e. The molecule has 0 radical (unpaired) electrons. The number of hydrogen-bond donors (Lipinski definition) is 1.